The molecule has 1 fully saturated rings. The molecule has 156 valence electrons. The molecule has 2 heterocycles. The lowest BCUT2D eigenvalue weighted by atomic mass is 10.1. The van der Waals surface area contributed by atoms with Crippen molar-refractivity contribution in [3.8, 4) is 11.3 Å². The van der Waals surface area contributed by atoms with Gasteiger partial charge in [0.2, 0.25) is 5.95 Å². The van der Waals surface area contributed by atoms with Crippen molar-refractivity contribution in [3.05, 3.63) is 71.0 Å². The highest BCUT2D eigenvalue weighted by Crippen LogP contribution is 2.22. The van der Waals surface area contributed by atoms with Gasteiger partial charge in [0.15, 0.2) is 0 Å². The lowest BCUT2D eigenvalue weighted by Crippen LogP contribution is -2.47. The number of H-pyrrole nitrogens is 1. The topological polar surface area (TPSA) is 64.3 Å². The summed E-state index contributed by atoms with van der Waals surface area (Å²) in [7, 11) is 0. The van der Waals surface area contributed by atoms with Gasteiger partial charge in [-0.1, -0.05) is 44.2 Å². The predicted molar refractivity (Wildman–Crippen MR) is 124 cm³/mol. The number of hydrogen-bond donors (Lipinski definition) is 2. The fourth-order valence-electron chi connectivity index (χ4n) is 3.87. The average Bonchev–Trinajstić information content (AvgIpc) is 2.75. The number of rotatable bonds is 6. The molecule has 0 amide bonds. The number of hydrogen-bond acceptors (Lipinski definition) is 5. The first kappa shape index (κ1) is 20.2. The van der Waals surface area contributed by atoms with Crippen LogP contribution < -0.4 is 15.8 Å². The molecule has 2 N–H and O–H groups in total. The van der Waals surface area contributed by atoms with Crippen LogP contribution >= 0.6 is 0 Å². The van der Waals surface area contributed by atoms with E-state index < -0.39 is 0 Å². The van der Waals surface area contributed by atoms with Crippen LogP contribution in [0.1, 0.15) is 13.8 Å². The van der Waals surface area contributed by atoms with Gasteiger partial charge in [-0.15, -0.1) is 0 Å². The van der Waals surface area contributed by atoms with Crippen molar-refractivity contribution >= 4 is 17.3 Å². The Morgan fingerprint density at radius 2 is 1.70 bits per heavy atom. The minimum Gasteiger partial charge on any atom is -0.369 e. The highest BCUT2D eigenvalue weighted by molar-refractivity contribution is 5.63. The van der Waals surface area contributed by atoms with Gasteiger partial charge in [-0.05, 0) is 30.2 Å². The standard InChI is InChI=1S/C24H29N5O/c1-18(2)17-28-12-14-29(15-13-28)21-10-8-20(9-11-21)25-24-26-22(16-23(30)27-24)19-6-4-3-5-7-19/h3-11,16,18H,12-15,17H2,1-2H3,(H2,25,26,27,30). The third kappa shape index (κ3) is 5.07. The third-order valence-electron chi connectivity index (χ3n) is 5.30. The first-order valence-corrected chi connectivity index (χ1v) is 10.6. The summed E-state index contributed by atoms with van der Waals surface area (Å²) in [6.45, 7) is 10.0. The van der Waals surface area contributed by atoms with Gasteiger partial charge in [0.25, 0.3) is 5.56 Å². The predicted octanol–water partition coefficient (Wildman–Crippen LogP) is 3.96. The zero-order chi connectivity index (χ0) is 20.9. The molecule has 1 aliphatic heterocycles. The summed E-state index contributed by atoms with van der Waals surface area (Å²) in [6.07, 6.45) is 0. The Morgan fingerprint density at radius 3 is 2.37 bits per heavy atom. The molecule has 0 saturated carbocycles. The molecule has 0 atom stereocenters. The molecule has 0 radical (unpaired) electrons. The van der Waals surface area contributed by atoms with Crippen LogP contribution in [0, 0.1) is 5.92 Å². The summed E-state index contributed by atoms with van der Waals surface area (Å²) in [5, 5.41) is 3.22. The van der Waals surface area contributed by atoms with Crippen molar-refractivity contribution in [1.29, 1.82) is 0 Å². The SMILES string of the molecule is CC(C)CN1CCN(c2ccc(Nc3nc(-c4ccccc4)cc(=O)[nH]3)cc2)CC1. The monoisotopic (exact) mass is 403 g/mol. The van der Waals surface area contributed by atoms with Crippen LogP contribution in [-0.4, -0.2) is 47.6 Å². The number of piperazine rings is 1. The van der Waals surface area contributed by atoms with Gasteiger partial charge in [0.1, 0.15) is 0 Å². The van der Waals surface area contributed by atoms with Crippen LogP contribution in [0.25, 0.3) is 11.3 Å². The Balaban J connectivity index is 1.42. The summed E-state index contributed by atoms with van der Waals surface area (Å²) >= 11 is 0. The van der Waals surface area contributed by atoms with E-state index >= 15 is 0 Å². The summed E-state index contributed by atoms with van der Waals surface area (Å²) in [5.74, 6) is 1.15. The van der Waals surface area contributed by atoms with Gasteiger partial charge in [0, 0.05) is 55.7 Å². The maximum Gasteiger partial charge on any atom is 0.252 e. The van der Waals surface area contributed by atoms with Crippen molar-refractivity contribution < 1.29 is 0 Å². The molecule has 30 heavy (non-hydrogen) atoms. The molecule has 0 bridgehead atoms. The molecule has 6 nitrogen and oxygen atoms in total. The molecule has 0 aliphatic carbocycles. The van der Waals surface area contributed by atoms with Gasteiger partial charge in [-0.2, -0.15) is 0 Å². The average molecular weight is 404 g/mol. The van der Waals surface area contributed by atoms with E-state index in [0.717, 1.165) is 37.4 Å². The van der Waals surface area contributed by atoms with Gasteiger partial charge in [-0.25, -0.2) is 4.98 Å². The Kier molecular flexibility index (Phi) is 6.14. The van der Waals surface area contributed by atoms with Crippen molar-refractivity contribution in [3.63, 3.8) is 0 Å². The van der Waals surface area contributed by atoms with E-state index in [0.29, 0.717) is 17.6 Å². The second-order valence-corrected chi connectivity index (χ2v) is 8.20. The molecule has 2 aromatic carbocycles. The van der Waals surface area contributed by atoms with Crippen LogP contribution in [0.4, 0.5) is 17.3 Å². The molecule has 3 aromatic rings. The largest absolute Gasteiger partial charge is 0.369 e. The maximum absolute atomic E-state index is 12.1. The van der Waals surface area contributed by atoms with Crippen LogP contribution in [0.2, 0.25) is 0 Å². The molecule has 6 heteroatoms. The smallest absolute Gasteiger partial charge is 0.252 e. The third-order valence-corrected chi connectivity index (χ3v) is 5.30. The van der Waals surface area contributed by atoms with E-state index in [2.05, 4.69) is 51.1 Å². The first-order valence-electron chi connectivity index (χ1n) is 10.6. The maximum atomic E-state index is 12.1. The number of nitrogens with one attached hydrogen (secondary N) is 2. The van der Waals surface area contributed by atoms with Crippen molar-refractivity contribution in [1.82, 2.24) is 14.9 Å². The van der Waals surface area contributed by atoms with Crippen LogP contribution in [0.15, 0.2) is 65.5 Å². The molecule has 1 saturated heterocycles. The number of nitrogens with zero attached hydrogens (tertiary/aromatic N) is 3. The van der Waals surface area contributed by atoms with Crippen LogP contribution in [-0.2, 0) is 0 Å². The first-order chi connectivity index (χ1) is 14.6. The fourth-order valence-corrected chi connectivity index (χ4v) is 3.87. The highest BCUT2D eigenvalue weighted by atomic mass is 16.1. The minimum atomic E-state index is -0.178. The summed E-state index contributed by atoms with van der Waals surface area (Å²) in [4.78, 5) is 24.4. The molecule has 1 aromatic heterocycles. The summed E-state index contributed by atoms with van der Waals surface area (Å²) in [5.41, 5.74) is 3.51. The Bertz CT molecular complexity index is 1010. The van der Waals surface area contributed by atoms with Gasteiger partial charge in [0.05, 0.1) is 5.69 Å². The van der Waals surface area contributed by atoms with E-state index in [1.807, 2.05) is 42.5 Å². The summed E-state index contributed by atoms with van der Waals surface area (Å²) in [6, 6.07) is 19.5. The summed E-state index contributed by atoms with van der Waals surface area (Å²) < 4.78 is 0. The second kappa shape index (κ2) is 9.13. The zero-order valence-electron chi connectivity index (χ0n) is 17.6. The van der Waals surface area contributed by atoms with E-state index in [4.69, 9.17) is 0 Å². The van der Waals surface area contributed by atoms with Crippen molar-refractivity contribution in [2.24, 2.45) is 5.92 Å². The van der Waals surface area contributed by atoms with E-state index in [1.165, 1.54) is 18.3 Å². The molecule has 0 spiro atoms. The Morgan fingerprint density at radius 1 is 1.00 bits per heavy atom. The Labute approximate surface area is 177 Å². The number of anilines is 3. The van der Waals surface area contributed by atoms with Crippen molar-refractivity contribution in [2.75, 3.05) is 42.9 Å². The minimum absolute atomic E-state index is 0.178. The number of benzene rings is 2. The molecule has 0 unspecified atom stereocenters. The van der Waals surface area contributed by atoms with E-state index in [-0.39, 0.29) is 5.56 Å². The fraction of sp³-hybridized carbons (Fsp3) is 0.333. The quantitative estimate of drug-likeness (QED) is 0.652. The second-order valence-electron chi connectivity index (χ2n) is 8.20. The van der Waals surface area contributed by atoms with Crippen molar-refractivity contribution in [2.45, 2.75) is 13.8 Å². The highest BCUT2D eigenvalue weighted by Gasteiger charge is 2.17. The zero-order valence-corrected chi connectivity index (χ0v) is 17.6. The van der Waals surface area contributed by atoms with Crippen LogP contribution in [0.5, 0.6) is 0 Å². The van der Waals surface area contributed by atoms with E-state index in [1.54, 1.807) is 0 Å². The van der Waals surface area contributed by atoms with Gasteiger partial charge >= 0.3 is 0 Å². The lowest BCUT2D eigenvalue weighted by Gasteiger charge is -2.36. The Hall–Kier alpha value is -3.12. The molecule has 4 rings (SSSR count). The lowest BCUT2D eigenvalue weighted by molar-refractivity contribution is 0.231. The van der Waals surface area contributed by atoms with Crippen LogP contribution in [0.3, 0.4) is 0 Å². The van der Waals surface area contributed by atoms with Gasteiger partial charge in [-0.3, -0.25) is 14.7 Å². The molecular weight excluding hydrogens is 374 g/mol. The number of aromatic nitrogens is 2. The normalized spacial score (nSPS) is 14.8. The molecular formula is C24H29N5O. The number of aromatic amines is 1. The van der Waals surface area contributed by atoms with Gasteiger partial charge < -0.3 is 10.2 Å². The molecule has 1 aliphatic rings. The van der Waals surface area contributed by atoms with E-state index in [9.17, 15) is 4.79 Å².